The van der Waals surface area contributed by atoms with Gasteiger partial charge in [0.1, 0.15) is 0 Å². The van der Waals surface area contributed by atoms with Gasteiger partial charge in [0.15, 0.2) is 10.1 Å². The second-order valence-corrected chi connectivity index (χ2v) is 12.8. The quantitative estimate of drug-likeness (QED) is 0.113. The van der Waals surface area contributed by atoms with Crippen molar-refractivity contribution < 1.29 is 32.1 Å². The molecular weight excluding hydrogens is 611 g/mol. The largest absolute Gasteiger partial charge is 0.885 e. The van der Waals surface area contributed by atoms with Gasteiger partial charge in [-0.15, -0.1) is 22.7 Å². The Morgan fingerprint density at radius 1 is 0.659 bits per heavy atom. The molecular formula is C34H40AlO7S2. The molecule has 0 aliphatic carbocycles. The molecule has 2 unspecified atom stereocenters. The lowest BCUT2D eigenvalue weighted by atomic mass is 9.97. The highest BCUT2D eigenvalue weighted by Crippen LogP contribution is 2.43. The Kier molecular flexibility index (Phi) is 14.5. The maximum Gasteiger partial charge on any atom is 0.885 e. The summed E-state index contributed by atoms with van der Waals surface area (Å²) < 4.78 is 23.2. The van der Waals surface area contributed by atoms with Gasteiger partial charge in [-0.05, 0) is 48.9 Å². The summed E-state index contributed by atoms with van der Waals surface area (Å²) in [6, 6.07) is 24.0. The van der Waals surface area contributed by atoms with Crippen molar-refractivity contribution >= 4 is 50.5 Å². The average Bonchev–Trinajstić information content (AvgIpc) is 3.65. The predicted molar refractivity (Wildman–Crippen MR) is 179 cm³/mol. The van der Waals surface area contributed by atoms with E-state index in [-0.39, 0.29) is 5.48 Å². The van der Waals surface area contributed by atoms with Crippen molar-refractivity contribution in [3.63, 3.8) is 0 Å². The van der Waals surface area contributed by atoms with Gasteiger partial charge in [0, 0.05) is 20.9 Å². The molecule has 7 nitrogen and oxygen atoms in total. The predicted octanol–water partition coefficient (Wildman–Crippen LogP) is 8.20. The number of hydrogen-bond donors (Lipinski definition) is 0. The molecule has 0 fully saturated rings. The maximum absolute atomic E-state index is 13.4. The number of benzene rings is 2. The first-order chi connectivity index (χ1) is 21.0. The van der Waals surface area contributed by atoms with Crippen LogP contribution < -0.4 is 9.47 Å². The normalized spacial score (nSPS) is 12.0. The molecule has 0 aliphatic heterocycles. The second-order valence-electron chi connectivity index (χ2n) is 10.0. The third-order valence-corrected chi connectivity index (χ3v) is 9.87. The van der Waals surface area contributed by atoms with Crippen molar-refractivity contribution in [2.45, 2.75) is 65.2 Å². The minimum absolute atomic E-state index is 0. The molecule has 2 aromatic heterocycles. The first kappa shape index (κ1) is 35.4. The van der Waals surface area contributed by atoms with Gasteiger partial charge in [-0.3, -0.25) is 9.59 Å². The van der Waals surface area contributed by atoms with Crippen LogP contribution in [0.5, 0.6) is 10.1 Å². The van der Waals surface area contributed by atoms with Crippen LogP contribution in [0.2, 0.25) is 0 Å². The lowest BCUT2D eigenvalue weighted by Crippen LogP contribution is -2.23. The van der Waals surface area contributed by atoms with Crippen molar-refractivity contribution in [3.8, 4) is 32.4 Å². The van der Waals surface area contributed by atoms with E-state index in [4.69, 9.17) is 17.1 Å². The van der Waals surface area contributed by atoms with Gasteiger partial charge >= 0.3 is 15.9 Å². The first-order valence-electron chi connectivity index (χ1n) is 14.9. The monoisotopic (exact) mass is 651 g/mol. The molecule has 2 atom stereocenters. The fourth-order valence-electron chi connectivity index (χ4n) is 4.72. The van der Waals surface area contributed by atoms with Crippen molar-refractivity contribution in [3.05, 3.63) is 82.6 Å². The van der Waals surface area contributed by atoms with Gasteiger partial charge in [-0.2, -0.15) is 0 Å². The summed E-state index contributed by atoms with van der Waals surface area (Å²) in [5.74, 6) is -1.77. The van der Waals surface area contributed by atoms with Gasteiger partial charge < -0.3 is 22.5 Å². The van der Waals surface area contributed by atoms with Crippen LogP contribution in [0.15, 0.2) is 72.8 Å². The van der Waals surface area contributed by atoms with E-state index >= 15 is 0 Å². The summed E-state index contributed by atoms with van der Waals surface area (Å²) in [4.78, 5) is 28.5. The zero-order valence-electron chi connectivity index (χ0n) is 25.7. The van der Waals surface area contributed by atoms with Crippen LogP contribution in [0.4, 0.5) is 0 Å². The summed E-state index contributed by atoms with van der Waals surface area (Å²) >= 11 is 1.63. The second kappa shape index (κ2) is 18.0. The third-order valence-electron chi connectivity index (χ3n) is 6.89. The molecule has 0 bridgehead atoms. The molecule has 2 N–H and O–H groups in total. The molecule has 10 heteroatoms. The highest BCUT2D eigenvalue weighted by molar-refractivity contribution is 7.15. The highest BCUT2D eigenvalue weighted by Gasteiger charge is 2.31. The molecule has 233 valence electrons. The number of ether oxygens (including phenoxy) is 2. The Balaban J connectivity index is 0.00000529. The smallest absolute Gasteiger partial charge is 0.589 e. The summed E-state index contributed by atoms with van der Waals surface area (Å²) in [6.07, 6.45) is 2.89. The summed E-state index contributed by atoms with van der Waals surface area (Å²) in [5.41, 5.74) is 3.96. The van der Waals surface area contributed by atoms with E-state index in [0.717, 1.165) is 55.0 Å². The molecule has 0 aliphatic rings. The number of carbonyl (C=O) groups is 2. The van der Waals surface area contributed by atoms with Crippen LogP contribution in [-0.2, 0) is 17.2 Å². The van der Waals surface area contributed by atoms with Gasteiger partial charge in [0.05, 0.1) is 25.0 Å². The Morgan fingerprint density at radius 3 is 1.39 bits per heavy atom. The molecule has 2 heterocycles. The van der Waals surface area contributed by atoms with E-state index in [2.05, 4.69) is 13.8 Å². The highest BCUT2D eigenvalue weighted by atomic mass is 32.1. The lowest BCUT2D eigenvalue weighted by Gasteiger charge is -2.18. The molecule has 44 heavy (non-hydrogen) atoms. The Labute approximate surface area is 274 Å². The number of hydrogen-bond acceptors (Lipinski definition) is 8. The number of carbonyl (C=O) groups excluding carboxylic acids is 2. The summed E-state index contributed by atoms with van der Waals surface area (Å²) in [5, 5.41) is 1.55. The van der Waals surface area contributed by atoms with Crippen molar-refractivity contribution in [1.29, 1.82) is 0 Å². The number of thiophene rings is 2. The molecule has 0 saturated heterocycles. The van der Waals surface area contributed by atoms with Crippen LogP contribution >= 0.6 is 22.7 Å². The van der Waals surface area contributed by atoms with Crippen LogP contribution in [0.3, 0.4) is 0 Å². The first-order valence-corrected chi connectivity index (χ1v) is 17.4. The Morgan fingerprint density at radius 2 is 1.05 bits per heavy atom. The Bertz CT molecular complexity index is 1340. The van der Waals surface area contributed by atoms with Crippen molar-refractivity contribution in [2.24, 2.45) is 0 Å². The summed E-state index contributed by atoms with van der Waals surface area (Å²) in [6.45, 7) is 9.26. The fraction of sp³-hybridized carbons (Fsp3) is 0.353. The standard InChI is InChI=1S/2C17H20O3S.Al.H2O/c2*1-3-10-20-15-11-14(12-8-6-5-7-9-12)16(21-15)13(4-2)17(18)19;;/h2*5-9,11,13H,3-4,10H2,1-2H3,(H,18,19);;1H2/q;;+2;/p-2. The molecule has 1 radical (unpaired) electrons. The van der Waals surface area contributed by atoms with Crippen LogP contribution in [0.25, 0.3) is 22.3 Å². The van der Waals surface area contributed by atoms with Gasteiger partial charge in [-0.25, -0.2) is 0 Å². The molecule has 4 aromatic rings. The van der Waals surface area contributed by atoms with Gasteiger partial charge in [0.2, 0.25) is 0 Å². The molecule has 0 spiro atoms. The van der Waals surface area contributed by atoms with Crippen molar-refractivity contribution in [2.75, 3.05) is 13.2 Å². The van der Waals surface area contributed by atoms with E-state index < -0.39 is 39.7 Å². The van der Waals surface area contributed by atoms with E-state index in [0.29, 0.717) is 26.1 Å². The SMILES string of the molecule is CCCOc1cc(-c2ccccc2)c(C(CC)C(=O)[O][Al][O]C(=O)C(CC)c2sc(OCCC)cc2-c2ccccc2)s1.O. The molecule has 0 saturated carbocycles. The van der Waals surface area contributed by atoms with Crippen LogP contribution in [-0.4, -0.2) is 46.5 Å². The fourth-order valence-corrected chi connectivity index (χ4v) is 7.74. The number of rotatable bonds is 16. The zero-order valence-corrected chi connectivity index (χ0v) is 28.5. The van der Waals surface area contributed by atoms with Crippen LogP contribution in [0, 0.1) is 0 Å². The van der Waals surface area contributed by atoms with E-state index in [9.17, 15) is 9.59 Å². The van der Waals surface area contributed by atoms with Gasteiger partial charge in [0.25, 0.3) is 11.9 Å². The lowest BCUT2D eigenvalue weighted by molar-refractivity contribution is -0.141. The third kappa shape index (κ3) is 8.96. The summed E-state index contributed by atoms with van der Waals surface area (Å²) in [7, 11) is 0. The average molecular weight is 652 g/mol. The molecule has 0 amide bonds. The van der Waals surface area contributed by atoms with Crippen LogP contribution in [0.1, 0.15) is 75.0 Å². The van der Waals surface area contributed by atoms with E-state index in [1.165, 1.54) is 22.7 Å². The van der Waals surface area contributed by atoms with Crippen molar-refractivity contribution in [1.82, 2.24) is 0 Å². The minimum Gasteiger partial charge on any atom is -0.589 e. The van der Waals surface area contributed by atoms with E-state index in [1.54, 1.807) is 0 Å². The Hall–Kier alpha value is -3.13. The van der Waals surface area contributed by atoms with Gasteiger partial charge in [-0.1, -0.05) is 88.4 Å². The zero-order chi connectivity index (χ0) is 30.6. The topological polar surface area (TPSA) is 103 Å². The molecule has 2 aromatic carbocycles. The minimum atomic E-state index is -1.33. The molecule has 4 rings (SSSR count). The maximum atomic E-state index is 13.4. The van der Waals surface area contributed by atoms with E-state index in [1.807, 2.05) is 86.6 Å².